The molecule has 1 aromatic rings. The topological polar surface area (TPSA) is 141 Å². The monoisotopic (exact) mass is 565 g/mol. The number of fused-ring (bicyclic) bond motifs is 1. The fourth-order valence-corrected chi connectivity index (χ4v) is 6.01. The van der Waals surface area contributed by atoms with E-state index in [1.807, 2.05) is 13.8 Å². The van der Waals surface area contributed by atoms with Gasteiger partial charge in [-0.25, -0.2) is 10.2 Å². The lowest BCUT2D eigenvalue weighted by molar-refractivity contribution is -0.197. The summed E-state index contributed by atoms with van der Waals surface area (Å²) in [5.41, 5.74) is 4.10. The average molecular weight is 566 g/mol. The Kier molecular flexibility index (Phi) is 11.0. The highest BCUT2D eigenvalue weighted by Crippen LogP contribution is 2.38. The minimum Gasteiger partial charge on any atom is -0.493 e. The van der Waals surface area contributed by atoms with E-state index in [9.17, 15) is 24.0 Å². The number of carbonyl (C=O) groups is 5. The Morgan fingerprint density at radius 2 is 1.97 bits per heavy atom. The summed E-state index contributed by atoms with van der Waals surface area (Å²) < 4.78 is 11.1. The van der Waals surface area contributed by atoms with Gasteiger partial charge in [0.25, 0.3) is 11.8 Å². The first-order valence-corrected chi connectivity index (χ1v) is 14.6. The Morgan fingerprint density at radius 3 is 2.71 bits per heavy atom. The Morgan fingerprint density at radius 1 is 1.21 bits per heavy atom. The number of imide groups is 1. The van der Waals surface area contributed by atoms with Crippen molar-refractivity contribution in [1.82, 2.24) is 10.5 Å². The van der Waals surface area contributed by atoms with Gasteiger partial charge in [0.1, 0.15) is 17.8 Å². The number of nitrogens with zero attached hydrogens (tertiary/aromatic N) is 2. The first-order chi connectivity index (χ1) is 18.2. The zero-order chi connectivity index (χ0) is 27.5. The molecule has 11 nitrogen and oxygen atoms in total. The second-order valence-corrected chi connectivity index (χ2v) is 12.3. The van der Waals surface area contributed by atoms with Crippen molar-refractivity contribution in [1.29, 1.82) is 0 Å². The van der Waals surface area contributed by atoms with Crippen LogP contribution in [-0.2, 0) is 28.8 Å². The van der Waals surface area contributed by atoms with Crippen molar-refractivity contribution < 1.29 is 38.3 Å². The maximum absolute atomic E-state index is 12.5. The van der Waals surface area contributed by atoms with Gasteiger partial charge in [0.05, 0.1) is 25.3 Å². The number of hydrazone groups is 1. The van der Waals surface area contributed by atoms with Crippen LogP contribution in [0.1, 0.15) is 64.4 Å². The number of hydrogen-bond acceptors (Lipinski definition) is 11. The number of rotatable bonds is 14. The SMILES string of the molecule is CC(C)(CC(=O)N/N=C1\CCOc2cc(OCCCC(=O)ON3C(=O)CCC3=O)ccc21)SSCCC=O. The number of aldehydes is 1. The molecule has 38 heavy (non-hydrogen) atoms. The molecule has 13 heteroatoms. The van der Waals surface area contributed by atoms with E-state index in [0.29, 0.717) is 53.9 Å². The first-order valence-electron chi connectivity index (χ1n) is 12.2. The summed E-state index contributed by atoms with van der Waals surface area (Å²) in [6.07, 6.45) is 2.60. The van der Waals surface area contributed by atoms with Crippen LogP contribution in [-0.4, -0.2) is 64.5 Å². The van der Waals surface area contributed by atoms with Gasteiger partial charge in [-0.05, 0) is 32.4 Å². The van der Waals surface area contributed by atoms with Gasteiger partial charge in [0, 0.05) is 54.2 Å². The molecule has 0 unspecified atom stereocenters. The summed E-state index contributed by atoms with van der Waals surface area (Å²) in [6, 6.07) is 5.28. The average Bonchev–Trinajstić information content (AvgIpc) is 3.19. The number of hydroxylamine groups is 2. The fraction of sp³-hybridized carbons (Fsp3) is 0.520. The normalized spacial score (nSPS) is 16.2. The molecule has 0 spiro atoms. The van der Waals surface area contributed by atoms with E-state index in [2.05, 4.69) is 10.5 Å². The molecule has 0 atom stereocenters. The van der Waals surface area contributed by atoms with E-state index in [1.165, 1.54) is 0 Å². The smallest absolute Gasteiger partial charge is 0.333 e. The standard InChI is InChI=1S/C25H31N3O8S2/c1-25(2,38-37-14-4-11-29)16-21(30)27-26-19-10-13-35-20-15-17(6-7-18(19)20)34-12-3-5-24(33)36-28-22(31)8-9-23(28)32/h6-7,11,15H,3-5,8-10,12-14,16H2,1-2H3,(H,27,30)/b26-19+. The largest absolute Gasteiger partial charge is 0.493 e. The van der Waals surface area contributed by atoms with Crippen LogP contribution < -0.4 is 14.9 Å². The lowest BCUT2D eigenvalue weighted by Crippen LogP contribution is -2.32. The first kappa shape index (κ1) is 29.5. The summed E-state index contributed by atoms with van der Waals surface area (Å²) >= 11 is 0. The molecule has 1 N–H and O–H groups in total. The quantitative estimate of drug-likeness (QED) is 0.118. The minimum atomic E-state index is -0.674. The van der Waals surface area contributed by atoms with E-state index >= 15 is 0 Å². The highest BCUT2D eigenvalue weighted by atomic mass is 33.1. The fourth-order valence-electron chi connectivity index (χ4n) is 3.55. The van der Waals surface area contributed by atoms with E-state index in [1.54, 1.807) is 39.8 Å². The zero-order valence-electron chi connectivity index (χ0n) is 21.4. The summed E-state index contributed by atoms with van der Waals surface area (Å²) in [7, 11) is 3.15. The van der Waals surface area contributed by atoms with Gasteiger partial charge >= 0.3 is 5.97 Å². The van der Waals surface area contributed by atoms with Gasteiger partial charge in [-0.1, -0.05) is 21.6 Å². The molecular formula is C25H31N3O8S2. The maximum Gasteiger partial charge on any atom is 0.333 e. The second kappa shape index (κ2) is 14.2. The molecule has 0 radical (unpaired) electrons. The molecule has 2 aliphatic heterocycles. The van der Waals surface area contributed by atoms with Crippen molar-refractivity contribution in [3.63, 3.8) is 0 Å². The number of hydrogen-bond donors (Lipinski definition) is 1. The molecule has 1 saturated heterocycles. The molecule has 0 aromatic heterocycles. The summed E-state index contributed by atoms with van der Waals surface area (Å²) in [4.78, 5) is 62.6. The lowest BCUT2D eigenvalue weighted by Gasteiger charge is -2.22. The van der Waals surface area contributed by atoms with Crippen molar-refractivity contribution in [2.24, 2.45) is 5.10 Å². The van der Waals surface area contributed by atoms with Crippen LogP contribution in [0.2, 0.25) is 0 Å². The van der Waals surface area contributed by atoms with Crippen molar-refractivity contribution in [2.45, 2.75) is 63.5 Å². The van der Waals surface area contributed by atoms with Gasteiger partial charge in [-0.3, -0.25) is 14.4 Å². The third-order valence-electron chi connectivity index (χ3n) is 5.36. The predicted molar refractivity (Wildman–Crippen MR) is 143 cm³/mol. The molecular weight excluding hydrogens is 534 g/mol. The summed E-state index contributed by atoms with van der Waals surface area (Å²) in [5, 5.41) is 4.86. The van der Waals surface area contributed by atoms with Gasteiger partial charge in [-0.15, -0.1) is 5.06 Å². The number of benzene rings is 1. The lowest BCUT2D eigenvalue weighted by atomic mass is 10.0. The molecule has 1 aromatic carbocycles. The second-order valence-electron chi connectivity index (χ2n) is 9.14. The summed E-state index contributed by atoms with van der Waals surface area (Å²) in [5.74, 6) is -0.0723. The van der Waals surface area contributed by atoms with Gasteiger partial charge in [-0.2, -0.15) is 5.10 Å². The molecule has 1 fully saturated rings. The van der Waals surface area contributed by atoms with Gasteiger partial charge in [0.2, 0.25) is 5.91 Å². The van der Waals surface area contributed by atoms with Crippen molar-refractivity contribution in [3.8, 4) is 11.5 Å². The number of carbonyl (C=O) groups excluding carboxylic acids is 5. The van der Waals surface area contributed by atoms with Crippen LogP contribution in [0.4, 0.5) is 0 Å². The van der Waals surface area contributed by atoms with E-state index in [4.69, 9.17) is 14.3 Å². The van der Waals surface area contributed by atoms with Crippen LogP contribution in [0.5, 0.6) is 11.5 Å². The molecule has 2 aliphatic rings. The molecule has 0 saturated carbocycles. The number of amides is 3. The van der Waals surface area contributed by atoms with Crippen LogP contribution in [0.15, 0.2) is 23.3 Å². The van der Waals surface area contributed by atoms with Gasteiger partial charge in [0.15, 0.2) is 0 Å². The highest BCUT2D eigenvalue weighted by molar-refractivity contribution is 8.77. The molecule has 206 valence electrons. The molecule has 2 heterocycles. The van der Waals surface area contributed by atoms with E-state index in [-0.39, 0.29) is 42.9 Å². The summed E-state index contributed by atoms with van der Waals surface area (Å²) in [6.45, 7) is 4.57. The van der Waals surface area contributed by atoms with Crippen LogP contribution in [0.25, 0.3) is 0 Å². The predicted octanol–water partition coefficient (Wildman–Crippen LogP) is 3.19. The number of ether oxygens (including phenoxy) is 2. The van der Waals surface area contributed by atoms with E-state index < -0.39 is 17.8 Å². The Bertz CT molecular complexity index is 1080. The van der Waals surface area contributed by atoms with Crippen LogP contribution in [0.3, 0.4) is 0 Å². The third kappa shape index (κ3) is 9.05. The Balaban J connectivity index is 1.45. The molecule has 3 rings (SSSR count). The molecule has 0 aliphatic carbocycles. The Labute approximate surface area is 228 Å². The van der Waals surface area contributed by atoms with Crippen molar-refractivity contribution >= 4 is 57.3 Å². The molecule has 0 bridgehead atoms. The van der Waals surface area contributed by atoms with E-state index in [0.717, 1.165) is 11.8 Å². The maximum atomic E-state index is 12.5. The van der Waals surface area contributed by atoms with Crippen molar-refractivity contribution in [3.05, 3.63) is 23.8 Å². The Hall–Kier alpha value is -3.06. The minimum absolute atomic E-state index is 0.0122. The highest BCUT2D eigenvalue weighted by Gasteiger charge is 2.32. The third-order valence-corrected chi connectivity index (χ3v) is 8.68. The van der Waals surface area contributed by atoms with Crippen molar-refractivity contribution in [2.75, 3.05) is 19.0 Å². The zero-order valence-corrected chi connectivity index (χ0v) is 23.0. The number of nitrogens with one attached hydrogen (secondary N) is 1. The van der Waals surface area contributed by atoms with Crippen LogP contribution >= 0.6 is 21.6 Å². The molecule has 3 amide bonds. The van der Waals surface area contributed by atoms with Gasteiger partial charge < -0.3 is 19.1 Å². The van der Waals surface area contributed by atoms with Crippen LogP contribution in [0, 0.1) is 0 Å².